The lowest BCUT2D eigenvalue weighted by atomic mass is 10.1. The average Bonchev–Trinajstić information content (AvgIpc) is 2.64. The van der Waals surface area contributed by atoms with E-state index in [2.05, 4.69) is 15.6 Å². The quantitative estimate of drug-likeness (QED) is 0.657. The van der Waals surface area contributed by atoms with Gasteiger partial charge in [0.05, 0.1) is 5.56 Å². The van der Waals surface area contributed by atoms with E-state index < -0.39 is 0 Å². The Morgan fingerprint density at radius 2 is 1.88 bits per heavy atom. The molecule has 0 unspecified atom stereocenters. The van der Waals surface area contributed by atoms with Crippen molar-refractivity contribution in [2.45, 2.75) is 6.42 Å². The smallest absolute Gasteiger partial charge is 0.257 e. The summed E-state index contributed by atoms with van der Waals surface area (Å²) in [6.07, 6.45) is 2.32. The summed E-state index contributed by atoms with van der Waals surface area (Å²) < 4.78 is 12.9. The summed E-state index contributed by atoms with van der Waals surface area (Å²) in [5, 5.41) is 6.62. The molecule has 132 valence electrons. The van der Waals surface area contributed by atoms with Crippen LogP contribution in [-0.2, 0) is 6.42 Å². The Balaban J connectivity index is 1.52. The number of hydrogen-bond acceptors (Lipinski definition) is 3. The molecule has 0 aliphatic carbocycles. The van der Waals surface area contributed by atoms with Gasteiger partial charge in [-0.05, 0) is 60.5 Å². The highest BCUT2D eigenvalue weighted by atomic mass is 35.5. The van der Waals surface area contributed by atoms with Crippen LogP contribution in [0.5, 0.6) is 0 Å². The molecule has 0 fully saturated rings. The van der Waals surface area contributed by atoms with Crippen LogP contribution in [0, 0.1) is 5.82 Å². The summed E-state index contributed by atoms with van der Waals surface area (Å²) >= 11 is 5.96. The van der Waals surface area contributed by atoms with Crippen LogP contribution in [-0.4, -0.2) is 17.4 Å². The molecule has 0 aliphatic rings. The van der Waals surface area contributed by atoms with Crippen LogP contribution in [0.1, 0.15) is 15.9 Å². The number of anilines is 2. The number of benzene rings is 2. The molecule has 6 heteroatoms. The maximum absolute atomic E-state index is 12.9. The first-order valence-electron chi connectivity index (χ1n) is 8.11. The number of halogens is 2. The maximum atomic E-state index is 12.9. The fourth-order valence-corrected chi connectivity index (χ4v) is 2.61. The van der Waals surface area contributed by atoms with Crippen LogP contribution in [0.15, 0.2) is 66.9 Å². The summed E-state index contributed by atoms with van der Waals surface area (Å²) in [6, 6.07) is 16.7. The van der Waals surface area contributed by atoms with Crippen molar-refractivity contribution in [1.29, 1.82) is 0 Å². The Kier molecular flexibility index (Phi) is 5.81. The average molecular weight is 370 g/mol. The van der Waals surface area contributed by atoms with Crippen molar-refractivity contribution < 1.29 is 9.18 Å². The van der Waals surface area contributed by atoms with Crippen LogP contribution in [0.2, 0.25) is 5.02 Å². The van der Waals surface area contributed by atoms with E-state index in [1.807, 2.05) is 24.3 Å². The van der Waals surface area contributed by atoms with Crippen molar-refractivity contribution in [1.82, 2.24) is 4.98 Å². The Morgan fingerprint density at radius 1 is 1.08 bits per heavy atom. The van der Waals surface area contributed by atoms with E-state index in [0.29, 0.717) is 23.6 Å². The number of hydrogen-bond donors (Lipinski definition) is 2. The summed E-state index contributed by atoms with van der Waals surface area (Å²) in [5.41, 5.74) is 2.09. The van der Waals surface area contributed by atoms with Gasteiger partial charge in [-0.1, -0.05) is 23.7 Å². The number of carbonyl (C=O) groups is 1. The number of nitrogens with one attached hydrogen (secondary N) is 2. The van der Waals surface area contributed by atoms with Gasteiger partial charge in [-0.3, -0.25) is 4.79 Å². The fraction of sp³-hybridized carbons (Fsp3) is 0.100. The van der Waals surface area contributed by atoms with Gasteiger partial charge in [0.2, 0.25) is 0 Å². The van der Waals surface area contributed by atoms with Gasteiger partial charge in [0, 0.05) is 23.5 Å². The van der Waals surface area contributed by atoms with Crippen molar-refractivity contribution >= 4 is 29.0 Å². The number of rotatable bonds is 6. The second kappa shape index (κ2) is 8.45. The van der Waals surface area contributed by atoms with E-state index in [1.165, 1.54) is 30.5 Å². The summed E-state index contributed by atoms with van der Waals surface area (Å²) in [6.45, 7) is 0.703. The largest absolute Gasteiger partial charge is 0.370 e. The van der Waals surface area contributed by atoms with E-state index in [9.17, 15) is 9.18 Å². The second-order valence-electron chi connectivity index (χ2n) is 5.70. The molecule has 0 saturated heterocycles. The lowest BCUT2D eigenvalue weighted by Gasteiger charge is -2.08. The molecule has 2 aromatic carbocycles. The van der Waals surface area contributed by atoms with Crippen molar-refractivity contribution in [3.8, 4) is 0 Å². The number of amides is 1. The van der Waals surface area contributed by atoms with E-state index >= 15 is 0 Å². The monoisotopic (exact) mass is 369 g/mol. The van der Waals surface area contributed by atoms with Crippen molar-refractivity contribution in [2.24, 2.45) is 0 Å². The summed E-state index contributed by atoms with van der Waals surface area (Å²) in [4.78, 5) is 16.4. The van der Waals surface area contributed by atoms with Gasteiger partial charge in [0.15, 0.2) is 0 Å². The molecule has 0 radical (unpaired) electrons. The topological polar surface area (TPSA) is 54.0 Å². The predicted octanol–water partition coefficient (Wildman–Crippen LogP) is 4.78. The van der Waals surface area contributed by atoms with Crippen molar-refractivity contribution in [2.75, 3.05) is 17.2 Å². The Morgan fingerprint density at radius 3 is 2.58 bits per heavy atom. The van der Waals surface area contributed by atoms with Gasteiger partial charge in [-0.15, -0.1) is 0 Å². The van der Waals surface area contributed by atoms with Gasteiger partial charge >= 0.3 is 0 Å². The maximum Gasteiger partial charge on any atom is 0.257 e. The SMILES string of the molecule is O=C(Nc1ccc(F)cc1)c1ccc(NCCc2cccc(Cl)c2)nc1. The van der Waals surface area contributed by atoms with Gasteiger partial charge in [0.25, 0.3) is 5.91 Å². The first kappa shape index (κ1) is 17.9. The zero-order chi connectivity index (χ0) is 18.4. The first-order chi connectivity index (χ1) is 12.6. The second-order valence-corrected chi connectivity index (χ2v) is 6.14. The van der Waals surface area contributed by atoms with Gasteiger partial charge in [-0.25, -0.2) is 9.37 Å². The molecule has 1 aromatic heterocycles. The van der Waals surface area contributed by atoms with Crippen LogP contribution in [0.25, 0.3) is 0 Å². The van der Waals surface area contributed by atoms with E-state index in [0.717, 1.165) is 17.0 Å². The molecule has 0 atom stereocenters. The lowest BCUT2D eigenvalue weighted by molar-refractivity contribution is 0.102. The standard InChI is InChI=1S/C20H17ClFN3O/c21-16-3-1-2-14(12-16)10-11-23-19-9-4-15(13-24-19)20(26)25-18-7-5-17(22)6-8-18/h1-9,12-13H,10-11H2,(H,23,24)(H,25,26). The highest BCUT2D eigenvalue weighted by molar-refractivity contribution is 6.30. The van der Waals surface area contributed by atoms with E-state index in [1.54, 1.807) is 12.1 Å². The highest BCUT2D eigenvalue weighted by Crippen LogP contribution is 2.13. The first-order valence-corrected chi connectivity index (χ1v) is 8.49. The van der Waals surface area contributed by atoms with Crippen LogP contribution in [0.4, 0.5) is 15.9 Å². The molecule has 0 bridgehead atoms. The van der Waals surface area contributed by atoms with Gasteiger partial charge < -0.3 is 10.6 Å². The van der Waals surface area contributed by atoms with Crippen molar-refractivity contribution in [3.63, 3.8) is 0 Å². The minimum Gasteiger partial charge on any atom is -0.370 e. The lowest BCUT2D eigenvalue weighted by Crippen LogP contribution is -2.13. The molecule has 3 rings (SSSR count). The summed E-state index contributed by atoms with van der Waals surface area (Å²) in [5.74, 6) is 0.0396. The molecule has 1 amide bonds. The van der Waals surface area contributed by atoms with Crippen molar-refractivity contribution in [3.05, 3.63) is 88.8 Å². The number of carbonyl (C=O) groups excluding carboxylic acids is 1. The third-order valence-corrected chi connectivity index (χ3v) is 3.97. The van der Waals surface area contributed by atoms with Crippen LogP contribution < -0.4 is 10.6 Å². The molecule has 4 nitrogen and oxygen atoms in total. The molecule has 0 spiro atoms. The van der Waals surface area contributed by atoms with Crippen LogP contribution >= 0.6 is 11.6 Å². The Bertz CT molecular complexity index is 882. The zero-order valence-corrected chi connectivity index (χ0v) is 14.6. The highest BCUT2D eigenvalue weighted by Gasteiger charge is 2.07. The molecule has 0 saturated carbocycles. The molecule has 0 aliphatic heterocycles. The normalized spacial score (nSPS) is 10.4. The van der Waals surface area contributed by atoms with E-state index in [-0.39, 0.29) is 11.7 Å². The number of pyridine rings is 1. The van der Waals surface area contributed by atoms with E-state index in [4.69, 9.17) is 11.6 Å². The molecular weight excluding hydrogens is 353 g/mol. The minimum atomic E-state index is -0.349. The van der Waals surface area contributed by atoms with Crippen LogP contribution in [0.3, 0.4) is 0 Å². The molecule has 26 heavy (non-hydrogen) atoms. The summed E-state index contributed by atoms with van der Waals surface area (Å²) in [7, 11) is 0. The zero-order valence-electron chi connectivity index (χ0n) is 13.9. The van der Waals surface area contributed by atoms with Gasteiger partial charge in [-0.2, -0.15) is 0 Å². The number of nitrogens with zero attached hydrogens (tertiary/aromatic N) is 1. The molecule has 2 N–H and O–H groups in total. The molecule has 3 aromatic rings. The fourth-order valence-electron chi connectivity index (χ4n) is 2.40. The Hall–Kier alpha value is -2.92. The Labute approximate surface area is 156 Å². The third-order valence-electron chi connectivity index (χ3n) is 3.74. The third kappa shape index (κ3) is 5.04. The number of aromatic nitrogens is 1. The molecular formula is C20H17ClFN3O. The minimum absolute atomic E-state index is 0.297. The predicted molar refractivity (Wildman–Crippen MR) is 102 cm³/mol. The molecule has 1 heterocycles. The van der Waals surface area contributed by atoms with Gasteiger partial charge in [0.1, 0.15) is 11.6 Å².